The number of carbonyl (C=O) groups is 1. The van der Waals surface area contributed by atoms with Gasteiger partial charge in [-0.1, -0.05) is 0 Å². The number of nitrogens with one attached hydrogen (secondary N) is 2. The second-order valence-electron chi connectivity index (χ2n) is 2.64. The van der Waals surface area contributed by atoms with E-state index in [4.69, 9.17) is 12.2 Å². The first-order chi connectivity index (χ1) is 6.58. The molecule has 1 amide bonds. The minimum absolute atomic E-state index is 0.173. The van der Waals surface area contributed by atoms with Crippen LogP contribution in [0.4, 0.5) is 5.69 Å². The molecule has 0 aliphatic heterocycles. The van der Waals surface area contributed by atoms with E-state index in [0.717, 1.165) is 9.26 Å². The molecule has 1 aromatic carbocycles. The molecule has 5 heteroatoms. The van der Waals surface area contributed by atoms with E-state index in [1.807, 2.05) is 24.3 Å². The molecular weight excluding hydrogens is 311 g/mol. The van der Waals surface area contributed by atoms with E-state index in [1.54, 1.807) is 0 Å². The molecule has 0 aliphatic carbocycles. The molecule has 1 rings (SSSR count). The van der Waals surface area contributed by atoms with Gasteiger partial charge in [0.2, 0.25) is 5.91 Å². The molecule has 3 nitrogen and oxygen atoms in total. The smallest absolute Gasteiger partial charge is 0.222 e. The van der Waals surface area contributed by atoms with E-state index in [1.165, 1.54) is 6.92 Å². The maximum absolute atomic E-state index is 10.7. The lowest BCUT2D eigenvalue weighted by molar-refractivity contribution is -0.117. The van der Waals surface area contributed by atoms with Crippen LogP contribution in [0.2, 0.25) is 0 Å². The van der Waals surface area contributed by atoms with Gasteiger partial charge >= 0.3 is 0 Å². The van der Waals surface area contributed by atoms with Crippen molar-refractivity contribution in [3.05, 3.63) is 27.8 Å². The Labute approximate surface area is 101 Å². The van der Waals surface area contributed by atoms with Crippen LogP contribution in [0.25, 0.3) is 0 Å². The van der Waals surface area contributed by atoms with Crippen molar-refractivity contribution >= 4 is 51.5 Å². The van der Waals surface area contributed by atoms with E-state index >= 15 is 0 Å². The van der Waals surface area contributed by atoms with Crippen LogP contribution >= 0.6 is 34.8 Å². The summed E-state index contributed by atoms with van der Waals surface area (Å²) < 4.78 is 1.15. The van der Waals surface area contributed by atoms with E-state index in [2.05, 4.69) is 33.2 Å². The third-order valence-electron chi connectivity index (χ3n) is 1.39. The number of rotatable bonds is 1. The van der Waals surface area contributed by atoms with Crippen molar-refractivity contribution in [1.29, 1.82) is 0 Å². The maximum Gasteiger partial charge on any atom is 0.222 e. The van der Waals surface area contributed by atoms with Gasteiger partial charge in [0.25, 0.3) is 0 Å². The Hall–Kier alpha value is -0.690. The Morgan fingerprint density at radius 3 is 2.43 bits per heavy atom. The summed E-state index contributed by atoms with van der Waals surface area (Å²) in [6, 6.07) is 7.71. The highest BCUT2D eigenvalue weighted by molar-refractivity contribution is 14.1. The van der Waals surface area contributed by atoms with Gasteiger partial charge in [-0.3, -0.25) is 4.79 Å². The largest absolute Gasteiger partial charge is 0.332 e. The van der Waals surface area contributed by atoms with Crippen molar-refractivity contribution < 1.29 is 4.79 Å². The van der Waals surface area contributed by atoms with Gasteiger partial charge in [-0.25, -0.2) is 0 Å². The zero-order valence-electron chi connectivity index (χ0n) is 7.50. The molecule has 0 fully saturated rings. The average molecular weight is 320 g/mol. The van der Waals surface area contributed by atoms with E-state index in [9.17, 15) is 4.79 Å². The first-order valence-corrected chi connectivity index (χ1v) is 5.41. The SMILES string of the molecule is CC(=O)NC(=S)Nc1ccc(I)cc1. The lowest BCUT2D eigenvalue weighted by atomic mass is 10.3. The number of halogens is 1. The Balaban J connectivity index is 2.56. The quantitative estimate of drug-likeness (QED) is 0.615. The Morgan fingerprint density at radius 1 is 1.36 bits per heavy atom. The van der Waals surface area contributed by atoms with Crippen LogP contribution in [0.3, 0.4) is 0 Å². The van der Waals surface area contributed by atoms with Gasteiger partial charge < -0.3 is 10.6 Å². The number of hydrogen-bond acceptors (Lipinski definition) is 2. The Morgan fingerprint density at radius 2 is 1.93 bits per heavy atom. The first kappa shape index (κ1) is 11.4. The zero-order valence-corrected chi connectivity index (χ0v) is 10.5. The fourth-order valence-corrected chi connectivity index (χ4v) is 1.48. The molecule has 0 saturated heterocycles. The number of hydrogen-bond donors (Lipinski definition) is 2. The predicted octanol–water partition coefficient (Wildman–Crippen LogP) is 2.12. The van der Waals surface area contributed by atoms with Crippen molar-refractivity contribution in [2.45, 2.75) is 6.92 Å². The predicted molar refractivity (Wildman–Crippen MR) is 69.2 cm³/mol. The summed E-state index contributed by atoms with van der Waals surface area (Å²) in [7, 11) is 0. The van der Waals surface area contributed by atoms with Crippen molar-refractivity contribution in [2.24, 2.45) is 0 Å². The van der Waals surface area contributed by atoms with Crippen LogP contribution in [0.15, 0.2) is 24.3 Å². The van der Waals surface area contributed by atoms with Gasteiger partial charge in [0.1, 0.15) is 0 Å². The average Bonchev–Trinajstić information content (AvgIpc) is 2.07. The van der Waals surface area contributed by atoms with Gasteiger partial charge in [-0.05, 0) is 59.1 Å². The van der Waals surface area contributed by atoms with Gasteiger partial charge in [0.05, 0.1) is 0 Å². The monoisotopic (exact) mass is 320 g/mol. The fraction of sp³-hybridized carbons (Fsp3) is 0.111. The number of carbonyl (C=O) groups excluding carboxylic acids is 1. The molecule has 0 unspecified atom stereocenters. The maximum atomic E-state index is 10.7. The lowest BCUT2D eigenvalue weighted by Crippen LogP contribution is -2.32. The number of anilines is 1. The summed E-state index contributed by atoms with van der Waals surface area (Å²) in [6.45, 7) is 1.42. The lowest BCUT2D eigenvalue weighted by Gasteiger charge is -2.07. The molecule has 0 bridgehead atoms. The second kappa shape index (κ2) is 5.26. The second-order valence-corrected chi connectivity index (χ2v) is 4.30. The topological polar surface area (TPSA) is 41.1 Å². The van der Waals surface area contributed by atoms with Crippen molar-refractivity contribution in [3.63, 3.8) is 0 Å². The molecular formula is C9H9IN2OS. The summed E-state index contributed by atoms with van der Waals surface area (Å²) in [6.07, 6.45) is 0. The molecule has 1 aromatic rings. The Kier molecular flexibility index (Phi) is 4.27. The van der Waals surface area contributed by atoms with Crippen molar-refractivity contribution in [2.75, 3.05) is 5.32 Å². The van der Waals surface area contributed by atoms with Crippen molar-refractivity contribution in [3.8, 4) is 0 Å². The van der Waals surface area contributed by atoms with Crippen LogP contribution in [-0.4, -0.2) is 11.0 Å². The minimum Gasteiger partial charge on any atom is -0.332 e. The highest BCUT2D eigenvalue weighted by Gasteiger charge is 1.98. The van der Waals surface area contributed by atoms with Crippen LogP contribution < -0.4 is 10.6 Å². The molecule has 2 N–H and O–H groups in total. The van der Waals surface area contributed by atoms with Gasteiger partial charge in [0, 0.05) is 16.2 Å². The summed E-state index contributed by atoms with van der Waals surface area (Å²) >= 11 is 7.12. The summed E-state index contributed by atoms with van der Waals surface area (Å²) in [5.74, 6) is -0.173. The highest BCUT2D eigenvalue weighted by atomic mass is 127. The normalized spacial score (nSPS) is 9.29. The highest BCUT2D eigenvalue weighted by Crippen LogP contribution is 2.10. The van der Waals surface area contributed by atoms with Crippen LogP contribution in [0.1, 0.15) is 6.92 Å². The van der Waals surface area contributed by atoms with Crippen LogP contribution in [0.5, 0.6) is 0 Å². The molecule has 0 radical (unpaired) electrons. The van der Waals surface area contributed by atoms with Gasteiger partial charge in [0.15, 0.2) is 5.11 Å². The molecule has 0 saturated carbocycles. The molecule has 14 heavy (non-hydrogen) atoms. The number of benzene rings is 1. The van der Waals surface area contributed by atoms with E-state index < -0.39 is 0 Å². The molecule has 0 spiro atoms. The summed E-state index contributed by atoms with van der Waals surface area (Å²) in [5, 5.41) is 5.70. The molecule has 0 aliphatic rings. The van der Waals surface area contributed by atoms with Crippen molar-refractivity contribution in [1.82, 2.24) is 5.32 Å². The third-order valence-corrected chi connectivity index (χ3v) is 2.31. The summed E-state index contributed by atoms with van der Waals surface area (Å²) in [5.41, 5.74) is 0.865. The Bertz CT molecular complexity index is 350. The first-order valence-electron chi connectivity index (χ1n) is 3.92. The van der Waals surface area contributed by atoms with Crippen LogP contribution in [-0.2, 0) is 4.79 Å². The minimum atomic E-state index is -0.173. The molecule has 0 aromatic heterocycles. The van der Waals surface area contributed by atoms with Gasteiger partial charge in [-0.2, -0.15) is 0 Å². The van der Waals surface area contributed by atoms with E-state index in [0.29, 0.717) is 5.11 Å². The van der Waals surface area contributed by atoms with E-state index in [-0.39, 0.29) is 5.91 Å². The number of amides is 1. The molecule has 74 valence electrons. The van der Waals surface area contributed by atoms with Gasteiger partial charge in [-0.15, -0.1) is 0 Å². The summed E-state index contributed by atoms with van der Waals surface area (Å²) in [4.78, 5) is 10.7. The standard InChI is InChI=1S/C9H9IN2OS/c1-6(13)11-9(14)12-8-4-2-7(10)3-5-8/h2-5H,1H3,(H2,11,12,13,14). The number of thiocarbonyl (C=S) groups is 1. The molecule has 0 heterocycles. The fourth-order valence-electron chi connectivity index (χ4n) is 0.855. The third kappa shape index (κ3) is 4.01. The molecule has 0 atom stereocenters. The zero-order chi connectivity index (χ0) is 10.6. The van der Waals surface area contributed by atoms with Crippen LogP contribution in [0, 0.1) is 3.57 Å².